The molecule has 1 aromatic carbocycles. The number of carbonyl (C=O) groups excluding carboxylic acids is 1. The number of hydrogen-bond donors (Lipinski definition) is 1. The Morgan fingerprint density at radius 3 is 2.37 bits per heavy atom. The van der Waals surface area contributed by atoms with Crippen molar-refractivity contribution in [3.05, 3.63) is 47.3 Å². The fraction of sp³-hybridized carbons (Fsp3) is 0.522. The van der Waals surface area contributed by atoms with Crippen LogP contribution in [0.5, 0.6) is 0 Å². The first kappa shape index (κ1) is 20.1. The number of hydrogen-bond acceptors (Lipinski definition) is 4. The first-order chi connectivity index (χ1) is 14.3. The van der Waals surface area contributed by atoms with Crippen LogP contribution >= 0.6 is 11.3 Å². The fourth-order valence-electron chi connectivity index (χ4n) is 6.62. The van der Waals surface area contributed by atoms with Crippen molar-refractivity contribution in [1.29, 1.82) is 0 Å². The van der Waals surface area contributed by atoms with E-state index in [2.05, 4.69) is 4.72 Å². The van der Waals surface area contributed by atoms with E-state index >= 15 is 0 Å². The molecule has 4 saturated carbocycles. The lowest BCUT2D eigenvalue weighted by Gasteiger charge is -2.57. The summed E-state index contributed by atoms with van der Waals surface area (Å²) in [7, 11) is -1.73. The summed E-state index contributed by atoms with van der Waals surface area (Å²) in [6.45, 7) is 0.806. The molecule has 6 rings (SSSR count). The van der Waals surface area contributed by atoms with Crippen LogP contribution in [-0.4, -0.2) is 32.8 Å². The average molecular weight is 445 g/mol. The number of benzene rings is 1. The third kappa shape index (κ3) is 3.78. The van der Waals surface area contributed by atoms with Crippen LogP contribution in [0.15, 0.2) is 46.0 Å². The van der Waals surface area contributed by atoms with Gasteiger partial charge in [0.2, 0.25) is 0 Å². The van der Waals surface area contributed by atoms with Gasteiger partial charge in [-0.25, -0.2) is 8.42 Å². The number of thiophene rings is 1. The van der Waals surface area contributed by atoms with Gasteiger partial charge in [-0.3, -0.25) is 9.52 Å². The van der Waals surface area contributed by atoms with E-state index in [1.165, 1.54) is 49.9 Å². The Hall–Kier alpha value is -1.86. The molecule has 4 bridgehead atoms. The predicted molar refractivity (Wildman–Crippen MR) is 119 cm³/mol. The molecule has 7 heteroatoms. The van der Waals surface area contributed by atoms with Gasteiger partial charge in [-0.2, -0.15) is 0 Å². The van der Waals surface area contributed by atoms with Crippen LogP contribution in [0.4, 0.5) is 5.69 Å². The standard InChI is InChI=1S/C23H28N2O3S2/c1-25(15-23-12-16-8-17(13-23)10-18(9-16)14-23)22(26)19-4-2-5-20(11-19)24-30(27,28)21-6-3-7-29-21/h2-7,11,16-18,24H,8-10,12-15H2,1H3. The molecule has 30 heavy (non-hydrogen) atoms. The van der Waals surface area contributed by atoms with Gasteiger partial charge in [-0.1, -0.05) is 12.1 Å². The smallest absolute Gasteiger partial charge is 0.271 e. The molecule has 1 amide bonds. The molecule has 4 fully saturated rings. The van der Waals surface area contributed by atoms with E-state index in [4.69, 9.17) is 0 Å². The number of rotatable bonds is 6. The monoisotopic (exact) mass is 444 g/mol. The molecule has 1 aromatic heterocycles. The zero-order valence-electron chi connectivity index (χ0n) is 17.2. The number of sulfonamides is 1. The van der Waals surface area contributed by atoms with Crippen molar-refractivity contribution in [2.45, 2.75) is 42.7 Å². The van der Waals surface area contributed by atoms with E-state index < -0.39 is 10.0 Å². The summed E-state index contributed by atoms with van der Waals surface area (Å²) in [5, 5.41) is 1.73. The van der Waals surface area contributed by atoms with Crippen LogP contribution in [0, 0.1) is 23.2 Å². The largest absolute Gasteiger partial charge is 0.341 e. The van der Waals surface area contributed by atoms with Crippen LogP contribution in [0.3, 0.4) is 0 Å². The van der Waals surface area contributed by atoms with Gasteiger partial charge in [0.25, 0.3) is 15.9 Å². The van der Waals surface area contributed by atoms with Crippen molar-refractivity contribution in [3.63, 3.8) is 0 Å². The molecule has 0 spiro atoms. The third-order valence-corrected chi connectivity index (χ3v) is 9.98. The summed E-state index contributed by atoms with van der Waals surface area (Å²) in [6, 6.07) is 10.1. The molecule has 1 heterocycles. The number of anilines is 1. The van der Waals surface area contributed by atoms with Crippen molar-refractivity contribution < 1.29 is 13.2 Å². The maximum Gasteiger partial charge on any atom is 0.271 e. The highest BCUT2D eigenvalue weighted by molar-refractivity contribution is 7.94. The molecule has 5 nitrogen and oxygen atoms in total. The van der Waals surface area contributed by atoms with Gasteiger partial charge in [0.15, 0.2) is 0 Å². The quantitative estimate of drug-likeness (QED) is 0.693. The zero-order chi connectivity index (χ0) is 20.9. The van der Waals surface area contributed by atoms with Crippen LogP contribution in [0.2, 0.25) is 0 Å². The lowest BCUT2D eigenvalue weighted by Crippen LogP contribution is -2.51. The van der Waals surface area contributed by atoms with Crippen LogP contribution in [0.25, 0.3) is 0 Å². The Morgan fingerprint density at radius 2 is 1.77 bits per heavy atom. The normalized spacial score (nSPS) is 29.7. The minimum atomic E-state index is -3.63. The lowest BCUT2D eigenvalue weighted by atomic mass is 9.49. The van der Waals surface area contributed by atoms with Crippen molar-refractivity contribution in [3.8, 4) is 0 Å². The van der Waals surface area contributed by atoms with Gasteiger partial charge in [-0.05, 0) is 91.3 Å². The minimum Gasteiger partial charge on any atom is -0.341 e. The maximum atomic E-state index is 13.2. The van der Waals surface area contributed by atoms with Gasteiger partial charge in [0, 0.05) is 24.8 Å². The van der Waals surface area contributed by atoms with Gasteiger partial charge in [0.1, 0.15) is 4.21 Å². The van der Waals surface area contributed by atoms with Gasteiger partial charge in [-0.15, -0.1) is 11.3 Å². The highest BCUT2D eigenvalue weighted by Crippen LogP contribution is 2.60. The van der Waals surface area contributed by atoms with Gasteiger partial charge in [0.05, 0.1) is 0 Å². The molecular weight excluding hydrogens is 416 g/mol. The molecule has 0 saturated heterocycles. The summed E-state index contributed by atoms with van der Waals surface area (Å²) in [4.78, 5) is 15.0. The Balaban J connectivity index is 1.30. The Bertz CT molecular complexity index is 1010. The second kappa shape index (κ2) is 7.38. The average Bonchev–Trinajstić information content (AvgIpc) is 3.21. The highest BCUT2D eigenvalue weighted by atomic mass is 32.2. The molecule has 0 atom stereocenters. The molecule has 0 aliphatic heterocycles. The number of carbonyl (C=O) groups is 1. The summed E-state index contributed by atoms with van der Waals surface area (Å²) >= 11 is 1.17. The Labute approximate surface area is 182 Å². The molecular formula is C23H28N2O3S2. The zero-order valence-corrected chi connectivity index (χ0v) is 18.8. The van der Waals surface area contributed by atoms with Crippen LogP contribution in [-0.2, 0) is 10.0 Å². The molecule has 0 radical (unpaired) electrons. The second-order valence-corrected chi connectivity index (χ2v) is 12.6. The molecule has 4 aliphatic rings. The molecule has 160 valence electrons. The summed E-state index contributed by atoms with van der Waals surface area (Å²) in [5.41, 5.74) is 1.23. The van der Waals surface area contributed by atoms with E-state index in [0.29, 0.717) is 11.3 Å². The summed E-state index contributed by atoms with van der Waals surface area (Å²) in [6.07, 6.45) is 7.96. The summed E-state index contributed by atoms with van der Waals surface area (Å²) < 4.78 is 27.9. The first-order valence-electron chi connectivity index (χ1n) is 10.7. The van der Waals surface area contributed by atoms with Crippen molar-refractivity contribution >= 4 is 33.0 Å². The number of nitrogens with zero attached hydrogens (tertiary/aromatic N) is 1. The van der Waals surface area contributed by atoms with E-state index in [1.807, 2.05) is 11.9 Å². The van der Waals surface area contributed by atoms with Gasteiger partial charge < -0.3 is 4.90 Å². The van der Waals surface area contributed by atoms with Crippen molar-refractivity contribution in [2.75, 3.05) is 18.3 Å². The SMILES string of the molecule is CN(CC12CC3CC(CC(C3)C1)C2)C(=O)c1cccc(NS(=O)(=O)c2cccs2)c1. The Morgan fingerprint density at radius 1 is 1.10 bits per heavy atom. The van der Waals surface area contributed by atoms with Crippen molar-refractivity contribution in [1.82, 2.24) is 4.90 Å². The molecule has 4 aliphatic carbocycles. The topological polar surface area (TPSA) is 66.5 Å². The molecule has 2 aromatic rings. The van der Waals surface area contributed by atoms with Crippen LogP contribution < -0.4 is 4.72 Å². The van der Waals surface area contributed by atoms with E-state index in [9.17, 15) is 13.2 Å². The van der Waals surface area contributed by atoms with Crippen molar-refractivity contribution in [2.24, 2.45) is 23.2 Å². The minimum absolute atomic E-state index is 0.0390. The third-order valence-electron chi connectivity index (χ3n) is 7.21. The van der Waals surface area contributed by atoms with E-state index in [1.54, 1.807) is 41.8 Å². The fourth-order valence-corrected chi connectivity index (χ4v) is 8.66. The number of nitrogens with one attached hydrogen (secondary N) is 1. The van der Waals surface area contributed by atoms with Gasteiger partial charge >= 0.3 is 0 Å². The van der Waals surface area contributed by atoms with E-state index in [0.717, 1.165) is 24.3 Å². The first-order valence-corrected chi connectivity index (χ1v) is 13.1. The van der Waals surface area contributed by atoms with E-state index in [-0.39, 0.29) is 15.5 Å². The van der Waals surface area contributed by atoms with Crippen LogP contribution in [0.1, 0.15) is 48.9 Å². The second-order valence-electron chi connectivity index (χ2n) is 9.70. The molecule has 0 unspecified atom stereocenters. The highest BCUT2D eigenvalue weighted by Gasteiger charge is 2.51. The summed E-state index contributed by atoms with van der Waals surface area (Å²) in [5.74, 6) is 2.53. The maximum absolute atomic E-state index is 13.2. The molecule has 1 N–H and O–H groups in total. The number of amides is 1. The predicted octanol–water partition coefficient (Wildman–Crippen LogP) is 4.84. The lowest BCUT2D eigenvalue weighted by molar-refractivity contribution is -0.0629. The Kier molecular flexibility index (Phi) is 4.93.